The highest BCUT2D eigenvalue weighted by molar-refractivity contribution is 5.76. The average Bonchev–Trinajstić information content (AvgIpc) is 3.37. The van der Waals surface area contributed by atoms with Crippen LogP contribution in [0.25, 0.3) is 11.3 Å². The van der Waals surface area contributed by atoms with Gasteiger partial charge in [0.2, 0.25) is 5.91 Å². The molecule has 0 aliphatic heterocycles. The molecule has 0 aliphatic carbocycles. The minimum Gasteiger partial charge on any atom is -0.441 e. The summed E-state index contributed by atoms with van der Waals surface area (Å²) < 4.78 is 7.81. The predicted molar refractivity (Wildman–Crippen MR) is 124 cm³/mol. The molecule has 4 rings (SSSR count). The highest BCUT2D eigenvalue weighted by Crippen LogP contribution is 2.21. The molecule has 2 aromatic heterocycles. The molecule has 0 radical (unpaired) electrons. The van der Waals surface area contributed by atoms with E-state index in [-0.39, 0.29) is 5.91 Å². The topological polar surface area (TPSA) is 73.0 Å². The van der Waals surface area contributed by atoms with Crippen LogP contribution >= 0.6 is 0 Å². The number of carbonyl (C=O) groups is 1. The molecular formula is C26H28N4O2. The van der Waals surface area contributed by atoms with Gasteiger partial charge in [0.25, 0.3) is 0 Å². The molecular weight excluding hydrogens is 400 g/mol. The summed E-state index contributed by atoms with van der Waals surface area (Å²) in [5, 5.41) is 7.67. The van der Waals surface area contributed by atoms with Crippen molar-refractivity contribution in [2.24, 2.45) is 0 Å². The van der Waals surface area contributed by atoms with Crippen LogP contribution < -0.4 is 5.32 Å². The lowest BCUT2D eigenvalue weighted by Gasteiger charge is -2.07. The number of hydrogen-bond acceptors (Lipinski definition) is 4. The largest absolute Gasteiger partial charge is 0.441 e. The smallest absolute Gasteiger partial charge is 0.220 e. The normalized spacial score (nSPS) is 11.0. The number of amides is 1. The number of rotatable bonds is 8. The van der Waals surface area contributed by atoms with Gasteiger partial charge in [-0.05, 0) is 26.3 Å². The lowest BCUT2D eigenvalue weighted by atomic mass is 10.1. The summed E-state index contributed by atoms with van der Waals surface area (Å²) in [5.41, 5.74) is 6.45. The van der Waals surface area contributed by atoms with E-state index in [0.717, 1.165) is 34.8 Å². The molecule has 1 amide bonds. The zero-order valence-electron chi connectivity index (χ0n) is 18.8. The highest BCUT2D eigenvalue weighted by Gasteiger charge is 2.14. The van der Waals surface area contributed by atoms with E-state index in [1.165, 1.54) is 11.1 Å². The summed E-state index contributed by atoms with van der Waals surface area (Å²) in [4.78, 5) is 16.7. The van der Waals surface area contributed by atoms with Crippen molar-refractivity contribution in [3.05, 3.63) is 94.8 Å². The summed E-state index contributed by atoms with van der Waals surface area (Å²) in [6.45, 7) is 7.26. The van der Waals surface area contributed by atoms with Crippen LogP contribution in [0, 0.1) is 20.8 Å². The maximum Gasteiger partial charge on any atom is 0.220 e. The van der Waals surface area contributed by atoms with Crippen molar-refractivity contribution >= 4 is 5.91 Å². The van der Waals surface area contributed by atoms with Gasteiger partial charge in [-0.1, -0.05) is 60.2 Å². The Hall–Kier alpha value is -3.67. The third-order valence-corrected chi connectivity index (χ3v) is 5.62. The summed E-state index contributed by atoms with van der Waals surface area (Å²) in [7, 11) is 0. The van der Waals surface area contributed by atoms with Gasteiger partial charge in [-0.2, -0.15) is 5.10 Å². The maximum atomic E-state index is 12.4. The Balaban J connectivity index is 1.30. The van der Waals surface area contributed by atoms with Crippen LogP contribution in [0.15, 0.2) is 65.2 Å². The second kappa shape index (κ2) is 9.64. The Morgan fingerprint density at radius 1 is 1.03 bits per heavy atom. The first-order valence-electron chi connectivity index (χ1n) is 10.8. The Bertz CT molecular complexity index is 1190. The van der Waals surface area contributed by atoms with Gasteiger partial charge in [0.05, 0.1) is 18.4 Å². The lowest BCUT2D eigenvalue weighted by Crippen LogP contribution is -2.23. The minimum absolute atomic E-state index is 0.0327. The molecule has 6 nitrogen and oxygen atoms in total. The maximum absolute atomic E-state index is 12.4. The van der Waals surface area contributed by atoms with Crippen molar-refractivity contribution in [1.29, 1.82) is 0 Å². The third kappa shape index (κ3) is 5.14. The molecule has 0 saturated heterocycles. The van der Waals surface area contributed by atoms with Gasteiger partial charge in [-0.3, -0.25) is 9.48 Å². The Labute approximate surface area is 188 Å². The molecule has 0 bridgehead atoms. The lowest BCUT2D eigenvalue weighted by molar-refractivity contribution is -0.121. The monoisotopic (exact) mass is 428 g/mol. The van der Waals surface area contributed by atoms with E-state index in [2.05, 4.69) is 27.5 Å². The van der Waals surface area contributed by atoms with Crippen LogP contribution in [-0.4, -0.2) is 20.7 Å². The summed E-state index contributed by atoms with van der Waals surface area (Å²) in [6.07, 6.45) is 2.50. The van der Waals surface area contributed by atoms with Crippen molar-refractivity contribution in [2.75, 3.05) is 0 Å². The second-order valence-corrected chi connectivity index (χ2v) is 8.05. The van der Waals surface area contributed by atoms with Gasteiger partial charge in [-0.25, -0.2) is 4.98 Å². The highest BCUT2D eigenvalue weighted by atomic mass is 16.4. The molecule has 4 aromatic rings. The number of benzene rings is 2. The van der Waals surface area contributed by atoms with E-state index in [4.69, 9.17) is 4.42 Å². The number of carbonyl (C=O) groups excluding carboxylic acids is 1. The van der Waals surface area contributed by atoms with E-state index in [0.29, 0.717) is 25.3 Å². The standard InChI is InChI=1S/C26H28N4O2/c1-18-9-11-22(12-10-18)24-16-28-26(32-24)14-13-25(31)27-15-23-19(2)29-30(20(23)3)17-21-7-5-4-6-8-21/h4-12,16H,13-15,17H2,1-3H3,(H,27,31). The van der Waals surface area contributed by atoms with Gasteiger partial charge in [0.15, 0.2) is 11.7 Å². The number of aryl methyl sites for hydroxylation is 3. The second-order valence-electron chi connectivity index (χ2n) is 8.05. The van der Waals surface area contributed by atoms with Crippen LogP contribution in [0.5, 0.6) is 0 Å². The minimum atomic E-state index is -0.0327. The molecule has 0 atom stereocenters. The van der Waals surface area contributed by atoms with E-state index in [1.54, 1.807) is 6.20 Å². The van der Waals surface area contributed by atoms with Crippen molar-refractivity contribution < 1.29 is 9.21 Å². The third-order valence-electron chi connectivity index (χ3n) is 5.62. The van der Waals surface area contributed by atoms with Crippen molar-refractivity contribution in [3.63, 3.8) is 0 Å². The average molecular weight is 429 g/mol. The van der Waals surface area contributed by atoms with Gasteiger partial charge in [0, 0.05) is 36.2 Å². The molecule has 6 heteroatoms. The van der Waals surface area contributed by atoms with Crippen molar-refractivity contribution in [3.8, 4) is 11.3 Å². The Morgan fingerprint density at radius 2 is 1.78 bits per heavy atom. The molecule has 0 aliphatic rings. The van der Waals surface area contributed by atoms with Gasteiger partial charge in [0.1, 0.15) is 0 Å². The quantitative estimate of drug-likeness (QED) is 0.439. The molecule has 2 aromatic carbocycles. The number of hydrogen-bond donors (Lipinski definition) is 1. The first-order valence-corrected chi connectivity index (χ1v) is 10.8. The molecule has 0 fully saturated rings. The Kier molecular flexibility index (Phi) is 6.50. The zero-order valence-corrected chi connectivity index (χ0v) is 18.8. The van der Waals surface area contributed by atoms with Crippen molar-refractivity contribution in [2.45, 2.75) is 46.7 Å². The fourth-order valence-corrected chi connectivity index (χ4v) is 3.67. The SMILES string of the molecule is Cc1ccc(-c2cnc(CCC(=O)NCc3c(C)nn(Cc4ccccc4)c3C)o2)cc1. The van der Waals surface area contributed by atoms with Gasteiger partial charge < -0.3 is 9.73 Å². The fraction of sp³-hybridized carbons (Fsp3) is 0.269. The predicted octanol–water partition coefficient (Wildman–Crippen LogP) is 4.76. The summed E-state index contributed by atoms with van der Waals surface area (Å²) in [6, 6.07) is 18.3. The van der Waals surface area contributed by atoms with Crippen LogP contribution in [0.2, 0.25) is 0 Å². The van der Waals surface area contributed by atoms with E-state index < -0.39 is 0 Å². The number of nitrogens with zero attached hydrogens (tertiary/aromatic N) is 3. The molecule has 2 heterocycles. The van der Waals surface area contributed by atoms with E-state index in [9.17, 15) is 4.79 Å². The first kappa shape index (κ1) is 21.6. The summed E-state index contributed by atoms with van der Waals surface area (Å²) in [5.74, 6) is 1.26. The Morgan fingerprint density at radius 3 is 2.53 bits per heavy atom. The molecule has 0 saturated carbocycles. The van der Waals surface area contributed by atoms with Gasteiger partial charge >= 0.3 is 0 Å². The number of oxazole rings is 1. The summed E-state index contributed by atoms with van der Waals surface area (Å²) >= 11 is 0. The van der Waals surface area contributed by atoms with E-state index in [1.807, 2.05) is 67.9 Å². The van der Waals surface area contributed by atoms with Gasteiger partial charge in [-0.15, -0.1) is 0 Å². The van der Waals surface area contributed by atoms with Crippen LogP contribution in [-0.2, 0) is 24.3 Å². The molecule has 0 spiro atoms. The van der Waals surface area contributed by atoms with Crippen LogP contribution in [0.1, 0.15) is 40.4 Å². The van der Waals surface area contributed by atoms with E-state index >= 15 is 0 Å². The molecule has 0 unspecified atom stereocenters. The molecule has 32 heavy (non-hydrogen) atoms. The molecule has 164 valence electrons. The van der Waals surface area contributed by atoms with Crippen LogP contribution in [0.3, 0.4) is 0 Å². The van der Waals surface area contributed by atoms with Crippen molar-refractivity contribution in [1.82, 2.24) is 20.1 Å². The fourth-order valence-electron chi connectivity index (χ4n) is 3.67. The first-order chi connectivity index (χ1) is 15.5. The molecule has 1 N–H and O–H groups in total. The zero-order chi connectivity index (χ0) is 22.5. The number of nitrogens with one attached hydrogen (secondary N) is 1. The number of aromatic nitrogens is 3. The van der Waals surface area contributed by atoms with Crippen LogP contribution in [0.4, 0.5) is 0 Å².